The lowest BCUT2D eigenvalue weighted by Crippen LogP contribution is -2.41. The van der Waals surface area contributed by atoms with Gasteiger partial charge in [0, 0.05) is 23.9 Å². The minimum Gasteiger partial charge on any atom is -0.467 e. The van der Waals surface area contributed by atoms with Crippen molar-refractivity contribution in [2.24, 2.45) is 5.92 Å². The summed E-state index contributed by atoms with van der Waals surface area (Å²) >= 11 is 1.65. The Morgan fingerprint density at radius 2 is 2.32 bits per heavy atom. The van der Waals surface area contributed by atoms with Gasteiger partial charge in [0.2, 0.25) is 0 Å². The molecule has 1 saturated heterocycles. The normalized spacial score (nSPS) is 17.5. The number of nitrogens with one attached hydrogen (secondary N) is 1. The number of carbonyl (C=O) groups is 1. The highest BCUT2D eigenvalue weighted by molar-refractivity contribution is 7.09. The topological polar surface area (TPSA) is 54.7 Å². The molecular weight excluding hydrogens is 300 g/mol. The van der Waals surface area contributed by atoms with Crippen molar-refractivity contribution in [3.63, 3.8) is 0 Å². The third-order valence-electron chi connectivity index (χ3n) is 3.71. The van der Waals surface area contributed by atoms with Gasteiger partial charge in [-0.25, -0.2) is 4.79 Å². The second kappa shape index (κ2) is 7.47. The minimum atomic E-state index is -0.0586. The number of nitrogens with zero attached hydrogens (tertiary/aromatic N) is 1. The molecule has 0 unspecified atom stereocenters. The Kier molecular flexibility index (Phi) is 5.13. The van der Waals surface area contributed by atoms with Crippen LogP contribution in [0, 0.1) is 5.92 Å². The van der Waals surface area contributed by atoms with Gasteiger partial charge < -0.3 is 19.4 Å². The van der Waals surface area contributed by atoms with E-state index in [4.69, 9.17) is 9.15 Å². The van der Waals surface area contributed by atoms with Gasteiger partial charge in [0.1, 0.15) is 5.76 Å². The molecule has 1 N–H and O–H groups in total. The summed E-state index contributed by atoms with van der Waals surface area (Å²) in [6.45, 7) is 3.26. The van der Waals surface area contributed by atoms with E-state index in [0.29, 0.717) is 25.6 Å². The Morgan fingerprint density at radius 3 is 3.00 bits per heavy atom. The highest BCUT2D eigenvalue weighted by atomic mass is 32.1. The molecule has 3 heterocycles. The fraction of sp³-hybridized carbons (Fsp3) is 0.438. The second-order valence-electron chi connectivity index (χ2n) is 5.43. The van der Waals surface area contributed by atoms with Crippen molar-refractivity contribution in [2.45, 2.75) is 19.5 Å². The molecule has 2 aromatic heterocycles. The molecule has 0 bridgehead atoms. The molecule has 1 atom stereocenters. The summed E-state index contributed by atoms with van der Waals surface area (Å²) in [4.78, 5) is 15.4. The highest BCUT2D eigenvalue weighted by Crippen LogP contribution is 2.16. The maximum absolute atomic E-state index is 12.5. The van der Waals surface area contributed by atoms with E-state index in [0.717, 1.165) is 30.3 Å². The van der Waals surface area contributed by atoms with Crippen molar-refractivity contribution < 1.29 is 13.9 Å². The van der Waals surface area contributed by atoms with E-state index in [9.17, 15) is 4.79 Å². The fourth-order valence-corrected chi connectivity index (χ4v) is 3.19. The van der Waals surface area contributed by atoms with Crippen LogP contribution in [0.1, 0.15) is 17.1 Å². The van der Waals surface area contributed by atoms with Gasteiger partial charge in [-0.3, -0.25) is 0 Å². The second-order valence-corrected chi connectivity index (χ2v) is 6.46. The van der Waals surface area contributed by atoms with Crippen LogP contribution in [-0.2, 0) is 17.8 Å². The lowest BCUT2D eigenvalue weighted by atomic mass is 10.1. The molecule has 1 aliphatic heterocycles. The van der Waals surface area contributed by atoms with Crippen molar-refractivity contribution >= 4 is 17.4 Å². The van der Waals surface area contributed by atoms with Crippen molar-refractivity contribution in [2.75, 3.05) is 19.8 Å². The number of urea groups is 1. The van der Waals surface area contributed by atoms with Crippen molar-refractivity contribution in [3.8, 4) is 0 Å². The molecule has 1 aliphatic rings. The van der Waals surface area contributed by atoms with Crippen molar-refractivity contribution in [1.82, 2.24) is 10.2 Å². The van der Waals surface area contributed by atoms with Gasteiger partial charge >= 0.3 is 6.03 Å². The van der Waals surface area contributed by atoms with Gasteiger partial charge in [-0.05, 0) is 30.0 Å². The van der Waals surface area contributed by atoms with Crippen molar-refractivity contribution in [3.05, 3.63) is 46.5 Å². The third kappa shape index (κ3) is 4.11. The lowest BCUT2D eigenvalue weighted by molar-refractivity contribution is 0.177. The first kappa shape index (κ1) is 15.1. The lowest BCUT2D eigenvalue weighted by Gasteiger charge is -2.22. The molecular formula is C16H20N2O3S. The standard InChI is InChI=1S/C16H20N2O3S/c19-16(17-9-13-5-7-20-12-13)18(10-14-3-1-6-21-14)11-15-4-2-8-22-15/h1-4,6,8,13H,5,7,9-12H2,(H,17,19)/t13-/m0/s1. The van der Waals surface area contributed by atoms with Crippen LogP contribution in [0.15, 0.2) is 40.3 Å². The van der Waals surface area contributed by atoms with Gasteiger partial charge in [0.05, 0.1) is 26.0 Å². The number of ether oxygens (including phenoxy) is 1. The first-order chi connectivity index (χ1) is 10.8. The Bertz CT molecular complexity index is 526. The number of carbonyl (C=O) groups excluding carboxylic acids is 1. The predicted molar refractivity (Wildman–Crippen MR) is 84.6 cm³/mol. The van der Waals surface area contributed by atoms with E-state index < -0.39 is 0 Å². The molecule has 3 rings (SSSR count). The molecule has 0 aromatic carbocycles. The van der Waals surface area contributed by atoms with Crippen LogP contribution in [0.5, 0.6) is 0 Å². The number of thiophene rings is 1. The first-order valence-electron chi connectivity index (χ1n) is 7.46. The van der Waals surface area contributed by atoms with Crippen molar-refractivity contribution in [1.29, 1.82) is 0 Å². The molecule has 6 heteroatoms. The smallest absolute Gasteiger partial charge is 0.318 e. The summed E-state index contributed by atoms with van der Waals surface area (Å²) in [5.41, 5.74) is 0. The van der Waals surface area contributed by atoms with Gasteiger partial charge in [0.15, 0.2) is 0 Å². The molecule has 22 heavy (non-hydrogen) atoms. The fourth-order valence-electron chi connectivity index (χ4n) is 2.47. The van der Waals surface area contributed by atoms with Gasteiger partial charge in [0.25, 0.3) is 0 Å². The number of hydrogen-bond acceptors (Lipinski definition) is 4. The number of rotatable bonds is 6. The average Bonchev–Trinajstić information content (AvgIpc) is 3.27. The zero-order valence-electron chi connectivity index (χ0n) is 12.4. The summed E-state index contributed by atoms with van der Waals surface area (Å²) in [5.74, 6) is 1.21. The maximum Gasteiger partial charge on any atom is 0.318 e. The summed E-state index contributed by atoms with van der Waals surface area (Å²) in [6.07, 6.45) is 2.65. The van der Waals surface area contributed by atoms with Gasteiger partial charge in [-0.15, -0.1) is 11.3 Å². The van der Waals surface area contributed by atoms with Crippen LogP contribution in [0.25, 0.3) is 0 Å². The number of hydrogen-bond donors (Lipinski definition) is 1. The van der Waals surface area contributed by atoms with Crippen LogP contribution in [0.4, 0.5) is 4.79 Å². The van der Waals surface area contributed by atoms with E-state index in [1.165, 1.54) is 0 Å². The third-order valence-corrected chi connectivity index (χ3v) is 4.57. The molecule has 118 valence electrons. The minimum absolute atomic E-state index is 0.0586. The largest absolute Gasteiger partial charge is 0.467 e. The predicted octanol–water partition coefficient (Wildman–Crippen LogP) is 3.09. The van der Waals surface area contributed by atoms with Gasteiger partial charge in [-0.2, -0.15) is 0 Å². The molecule has 1 fully saturated rings. The zero-order valence-corrected chi connectivity index (χ0v) is 13.2. The van der Waals surface area contributed by atoms with E-state index in [1.807, 2.05) is 29.6 Å². The van der Waals surface area contributed by atoms with Crippen LogP contribution in [0.2, 0.25) is 0 Å². The molecule has 2 amide bonds. The molecule has 0 radical (unpaired) electrons. The Labute approximate surface area is 133 Å². The average molecular weight is 320 g/mol. The van der Waals surface area contributed by atoms with Crippen LogP contribution in [-0.4, -0.2) is 30.7 Å². The molecule has 0 aliphatic carbocycles. The summed E-state index contributed by atoms with van der Waals surface area (Å²) in [6, 6.07) is 7.71. The Hall–Kier alpha value is -1.79. The Balaban J connectivity index is 1.59. The first-order valence-corrected chi connectivity index (χ1v) is 8.34. The van der Waals surface area contributed by atoms with E-state index in [1.54, 1.807) is 22.5 Å². The monoisotopic (exact) mass is 320 g/mol. The molecule has 0 saturated carbocycles. The van der Waals surface area contributed by atoms with Crippen LogP contribution in [0.3, 0.4) is 0 Å². The molecule has 5 nitrogen and oxygen atoms in total. The zero-order chi connectivity index (χ0) is 15.2. The molecule has 2 aromatic rings. The summed E-state index contributed by atoms with van der Waals surface area (Å²) < 4.78 is 10.7. The number of furan rings is 1. The van der Waals surface area contributed by atoms with Gasteiger partial charge in [-0.1, -0.05) is 6.07 Å². The molecule has 0 spiro atoms. The van der Waals surface area contributed by atoms with E-state index in [2.05, 4.69) is 5.32 Å². The quantitative estimate of drug-likeness (QED) is 0.890. The van der Waals surface area contributed by atoms with E-state index in [-0.39, 0.29) is 6.03 Å². The SMILES string of the molecule is O=C(NC[C@@H]1CCOC1)N(Cc1ccco1)Cc1cccs1. The highest BCUT2D eigenvalue weighted by Gasteiger charge is 2.20. The number of amides is 2. The van der Waals surface area contributed by atoms with Crippen LogP contribution >= 0.6 is 11.3 Å². The summed E-state index contributed by atoms with van der Waals surface area (Å²) in [7, 11) is 0. The summed E-state index contributed by atoms with van der Waals surface area (Å²) in [5, 5.41) is 5.04. The Morgan fingerprint density at radius 1 is 1.36 bits per heavy atom. The maximum atomic E-state index is 12.5. The van der Waals surface area contributed by atoms with Crippen LogP contribution < -0.4 is 5.32 Å². The van der Waals surface area contributed by atoms with E-state index >= 15 is 0 Å².